The lowest BCUT2D eigenvalue weighted by Crippen LogP contribution is -2.34. The van der Waals surface area contributed by atoms with Crippen molar-refractivity contribution in [3.63, 3.8) is 0 Å². The molecule has 56 heavy (non-hydrogen) atoms. The number of carbonyl (C=O) groups is 4. The van der Waals surface area contributed by atoms with E-state index in [0.717, 1.165) is 29.5 Å². The van der Waals surface area contributed by atoms with Crippen LogP contribution in [0.15, 0.2) is 66.7 Å². The highest BCUT2D eigenvalue weighted by molar-refractivity contribution is 6.42. The fourth-order valence-electron chi connectivity index (χ4n) is 6.34. The van der Waals surface area contributed by atoms with Gasteiger partial charge in [-0.15, -0.1) is 0 Å². The second-order valence-corrected chi connectivity index (χ2v) is 17.8. The molecule has 0 bridgehead atoms. The largest absolute Gasteiger partial charge is 0.461 e. The molecule has 0 aromatic heterocycles. The highest BCUT2D eigenvalue weighted by atomic mass is 35.5. The fourth-order valence-corrected chi connectivity index (χ4v) is 6.98. The summed E-state index contributed by atoms with van der Waals surface area (Å²) in [4.78, 5) is 51.2. The maximum absolute atomic E-state index is 13.5. The van der Waals surface area contributed by atoms with Crippen LogP contribution < -0.4 is 0 Å². The zero-order valence-corrected chi connectivity index (χ0v) is 35.9. The summed E-state index contributed by atoms with van der Waals surface area (Å²) in [5, 5.41) is 10.8. The molecule has 302 valence electrons. The maximum atomic E-state index is 13.5. The van der Waals surface area contributed by atoms with E-state index in [2.05, 4.69) is 0 Å². The van der Waals surface area contributed by atoms with E-state index in [1.54, 1.807) is 51.1 Å². The normalized spacial score (nSPS) is 14.7. The van der Waals surface area contributed by atoms with Crippen molar-refractivity contribution in [3.8, 4) is 6.07 Å². The van der Waals surface area contributed by atoms with E-state index in [-0.39, 0.29) is 43.6 Å². The molecule has 0 aliphatic heterocycles. The number of rotatable bonds is 14. The standard InChI is InChI=1S/C30H36Cl2O5.C14H15Cl2NO2/c1-29(2,3)37-28(35)23(17-22-11-13-24(31)25(32)18-22)12-14-26(33)30(15-7-8-16-30)19-27(34)36-20-21-9-5-4-6-10-21;1-14(2,3)19-13(18)10(8-17)6-9-4-5-11(15)12(16)7-9/h4-6,9-11,13,18,23H,7-8,12,14-17,19-20H2,1-3H3;4-5,7,10H,6H2,1-3H3. The SMILES string of the molecule is CC(C)(C)OC(=O)C(C#N)Cc1ccc(Cl)c(Cl)c1.CC(C)(C)OC(=O)C(CCC(=O)C1(CC(=O)OCc2ccccc2)CCCC1)Cc1ccc(Cl)c(Cl)c1. The average molecular weight is 848 g/mol. The third-order valence-electron chi connectivity index (χ3n) is 9.07. The molecular formula is C44H51Cl4NO7. The molecule has 0 spiro atoms. The smallest absolute Gasteiger partial charge is 0.324 e. The second-order valence-electron chi connectivity index (χ2n) is 16.1. The van der Waals surface area contributed by atoms with Gasteiger partial charge in [0.2, 0.25) is 0 Å². The number of hydrogen-bond acceptors (Lipinski definition) is 8. The van der Waals surface area contributed by atoms with Gasteiger partial charge < -0.3 is 14.2 Å². The van der Waals surface area contributed by atoms with Gasteiger partial charge in [0.25, 0.3) is 0 Å². The first kappa shape index (κ1) is 46.8. The molecule has 2 unspecified atom stereocenters. The number of halogens is 4. The molecule has 12 heteroatoms. The summed E-state index contributed by atoms with van der Waals surface area (Å²) in [6.07, 6.45) is 4.35. The Labute approximate surface area is 351 Å². The summed E-state index contributed by atoms with van der Waals surface area (Å²) in [5.41, 5.74) is 0.543. The zero-order chi connectivity index (χ0) is 41.7. The Balaban J connectivity index is 0.000000372. The molecule has 1 fully saturated rings. The Morgan fingerprint density at radius 2 is 1.23 bits per heavy atom. The molecular weight excluding hydrogens is 796 g/mol. The Kier molecular flexibility index (Phi) is 17.7. The van der Waals surface area contributed by atoms with Crippen LogP contribution in [0.3, 0.4) is 0 Å². The van der Waals surface area contributed by atoms with Gasteiger partial charge in [-0.25, -0.2) is 0 Å². The van der Waals surface area contributed by atoms with E-state index < -0.39 is 34.4 Å². The summed E-state index contributed by atoms with van der Waals surface area (Å²) in [7, 11) is 0. The lowest BCUT2D eigenvalue weighted by Gasteiger charge is -2.28. The Morgan fingerprint density at radius 3 is 1.73 bits per heavy atom. The van der Waals surface area contributed by atoms with Crippen molar-refractivity contribution in [1.82, 2.24) is 0 Å². The van der Waals surface area contributed by atoms with Gasteiger partial charge in [-0.05, 0) is 115 Å². The summed E-state index contributed by atoms with van der Waals surface area (Å²) in [6.45, 7) is 10.9. The van der Waals surface area contributed by atoms with Crippen molar-refractivity contribution in [1.29, 1.82) is 5.26 Å². The van der Waals surface area contributed by atoms with Gasteiger partial charge in [-0.3, -0.25) is 19.2 Å². The number of ether oxygens (including phenoxy) is 3. The van der Waals surface area contributed by atoms with Crippen molar-refractivity contribution >= 4 is 70.1 Å². The molecule has 4 rings (SSSR count). The van der Waals surface area contributed by atoms with E-state index >= 15 is 0 Å². The first-order chi connectivity index (χ1) is 26.2. The number of hydrogen-bond donors (Lipinski definition) is 0. The Bertz CT molecular complexity index is 1860. The predicted molar refractivity (Wildman–Crippen MR) is 221 cm³/mol. The molecule has 0 saturated heterocycles. The van der Waals surface area contributed by atoms with Crippen molar-refractivity contribution in [2.24, 2.45) is 17.3 Å². The van der Waals surface area contributed by atoms with Crippen LogP contribution in [-0.4, -0.2) is 34.9 Å². The number of nitrogens with zero attached hydrogens (tertiary/aromatic N) is 1. The van der Waals surface area contributed by atoms with Crippen molar-refractivity contribution in [2.75, 3.05) is 0 Å². The molecule has 1 saturated carbocycles. The number of carbonyl (C=O) groups excluding carboxylic acids is 4. The Morgan fingerprint density at radius 1 is 0.714 bits per heavy atom. The highest BCUT2D eigenvalue weighted by Gasteiger charge is 2.43. The first-order valence-electron chi connectivity index (χ1n) is 18.7. The number of Topliss-reactive ketones (excluding diaryl/α,β-unsaturated/α-hetero) is 1. The molecule has 0 N–H and O–H groups in total. The summed E-state index contributed by atoms with van der Waals surface area (Å²) < 4.78 is 16.4. The van der Waals surface area contributed by atoms with Crippen LogP contribution in [0.2, 0.25) is 20.1 Å². The van der Waals surface area contributed by atoms with E-state index in [1.807, 2.05) is 63.2 Å². The minimum atomic E-state index is -0.850. The van der Waals surface area contributed by atoms with Gasteiger partial charge in [-0.2, -0.15) is 5.26 Å². The third kappa shape index (κ3) is 15.7. The van der Waals surface area contributed by atoms with Gasteiger partial charge in [0.05, 0.1) is 38.5 Å². The summed E-state index contributed by atoms with van der Waals surface area (Å²) in [5.74, 6) is -2.60. The van der Waals surface area contributed by atoms with Gasteiger partial charge in [0.15, 0.2) is 0 Å². The minimum Gasteiger partial charge on any atom is -0.461 e. The molecule has 1 aliphatic carbocycles. The molecule has 0 radical (unpaired) electrons. The van der Waals surface area contributed by atoms with Gasteiger partial charge in [0, 0.05) is 11.8 Å². The summed E-state index contributed by atoms with van der Waals surface area (Å²) >= 11 is 23.9. The second kappa shape index (κ2) is 21.2. The number of benzene rings is 3. The molecule has 0 heterocycles. The minimum absolute atomic E-state index is 0.0179. The zero-order valence-electron chi connectivity index (χ0n) is 32.9. The van der Waals surface area contributed by atoms with E-state index in [4.69, 9.17) is 65.9 Å². The van der Waals surface area contributed by atoms with Crippen molar-refractivity contribution < 1.29 is 33.4 Å². The average Bonchev–Trinajstić information content (AvgIpc) is 3.59. The lowest BCUT2D eigenvalue weighted by molar-refractivity contribution is -0.161. The van der Waals surface area contributed by atoms with Crippen LogP contribution in [-0.2, 0) is 52.8 Å². The van der Waals surface area contributed by atoms with Crippen LogP contribution in [0.1, 0.15) is 103 Å². The maximum Gasteiger partial charge on any atom is 0.324 e. The number of ketones is 1. The molecule has 2 atom stereocenters. The highest BCUT2D eigenvalue weighted by Crippen LogP contribution is 2.44. The molecule has 3 aromatic carbocycles. The Hall–Kier alpha value is -3.61. The lowest BCUT2D eigenvalue weighted by atomic mass is 9.76. The van der Waals surface area contributed by atoms with E-state index in [1.165, 1.54) is 0 Å². The molecule has 3 aromatic rings. The van der Waals surface area contributed by atoms with E-state index in [0.29, 0.717) is 45.8 Å². The molecule has 0 amide bonds. The first-order valence-corrected chi connectivity index (χ1v) is 20.2. The topological polar surface area (TPSA) is 120 Å². The molecule has 1 aliphatic rings. The number of nitriles is 1. The van der Waals surface area contributed by atoms with Crippen LogP contribution in [0.5, 0.6) is 0 Å². The van der Waals surface area contributed by atoms with Crippen LogP contribution >= 0.6 is 46.4 Å². The van der Waals surface area contributed by atoms with Crippen molar-refractivity contribution in [3.05, 3.63) is 104 Å². The van der Waals surface area contributed by atoms with Gasteiger partial charge >= 0.3 is 17.9 Å². The van der Waals surface area contributed by atoms with Crippen molar-refractivity contribution in [2.45, 2.75) is 117 Å². The summed E-state index contributed by atoms with van der Waals surface area (Å²) in [6, 6.07) is 21.7. The number of esters is 3. The molecule has 8 nitrogen and oxygen atoms in total. The quantitative estimate of drug-likeness (QED) is 0.116. The van der Waals surface area contributed by atoms with Crippen LogP contribution in [0.25, 0.3) is 0 Å². The predicted octanol–water partition coefficient (Wildman–Crippen LogP) is 11.6. The van der Waals surface area contributed by atoms with Crippen LogP contribution in [0.4, 0.5) is 0 Å². The van der Waals surface area contributed by atoms with Gasteiger partial charge in [0.1, 0.15) is 29.5 Å². The monoisotopic (exact) mass is 845 g/mol. The third-order valence-corrected chi connectivity index (χ3v) is 10.6. The fraction of sp³-hybridized carbons (Fsp3) is 0.477. The van der Waals surface area contributed by atoms with Gasteiger partial charge in [-0.1, -0.05) is 102 Å². The van der Waals surface area contributed by atoms with E-state index in [9.17, 15) is 19.2 Å². The van der Waals surface area contributed by atoms with Crippen LogP contribution in [0, 0.1) is 28.6 Å².